The summed E-state index contributed by atoms with van der Waals surface area (Å²) in [6.07, 6.45) is 4.06. The fourth-order valence-corrected chi connectivity index (χ4v) is 3.14. The molecule has 0 aromatic carbocycles. The summed E-state index contributed by atoms with van der Waals surface area (Å²) in [6.45, 7) is 9.95. The molecule has 2 rings (SSSR count). The van der Waals surface area contributed by atoms with Crippen molar-refractivity contribution in [2.45, 2.75) is 33.2 Å². The maximum absolute atomic E-state index is 10.7. The molecular weight excluding hydrogens is 268 g/mol. The van der Waals surface area contributed by atoms with Gasteiger partial charge in [-0.15, -0.1) is 0 Å². The Bertz CT molecular complexity index is 467. The van der Waals surface area contributed by atoms with Crippen molar-refractivity contribution in [3.8, 4) is 0 Å². The Balaban J connectivity index is 1.86. The smallest absolute Gasteiger partial charge is 0.356 e. The predicted octanol–water partition coefficient (Wildman–Crippen LogP) is 1.95. The molecule has 0 spiro atoms. The third kappa shape index (κ3) is 4.67. The SMILES string of the molecule is CC1CC(C)CN(CC(C)Nc2cnc(C(=O)O)cn2)C1. The number of nitrogens with zero attached hydrogens (tertiary/aromatic N) is 3. The van der Waals surface area contributed by atoms with Gasteiger partial charge < -0.3 is 15.3 Å². The van der Waals surface area contributed by atoms with Crippen LogP contribution < -0.4 is 5.32 Å². The Morgan fingerprint density at radius 1 is 1.38 bits per heavy atom. The second kappa shape index (κ2) is 6.85. The Kier molecular flexibility index (Phi) is 5.12. The van der Waals surface area contributed by atoms with Crippen molar-refractivity contribution in [1.29, 1.82) is 0 Å². The first-order valence-corrected chi connectivity index (χ1v) is 7.48. The number of hydrogen-bond acceptors (Lipinski definition) is 5. The van der Waals surface area contributed by atoms with Gasteiger partial charge in [-0.3, -0.25) is 0 Å². The van der Waals surface area contributed by atoms with E-state index in [1.165, 1.54) is 18.8 Å². The largest absolute Gasteiger partial charge is 0.476 e. The number of rotatable bonds is 5. The van der Waals surface area contributed by atoms with Crippen LogP contribution in [0.3, 0.4) is 0 Å². The van der Waals surface area contributed by atoms with E-state index < -0.39 is 5.97 Å². The second-order valence-electron chi connectivity index (χ2n) is 6.30. The summed E-state index contributed by atoms with van der Waals surface area (Å²) in [4.78, 5) is 21.2. The van der Waals surface area contributed by atoms with Crippen molar-refractivity contribution in [1.82, 2.24) is 14.9 Å². The number of anilines is 1. The summed E-state index contributed by atoms with van der Waals surface area (Å²) in [7, 11) is 0. The van der Waals surface area contributed by atoms with E-state index in [9.17, 15) is 4.79 Å². The maximum atomic E-state index is 10.7. The minimum absolute atomic E-state index is 0.0353. The summed E-state index contributed by atoms with van der Waals surface area (Å²) in [6, 6.07) is 0.243. The molecule has 1 aliphatic rings. The molecule has 1 aromatic rings. The van der Waals surface area contributed by atoms with Gasteiger partial charge in [-0.05, 0) is 25.2 Å². The zero-order valence-corrected chi connectivity index (χ0v) is 12.9. The topological polar surface area (TPSA) is 78.4 Å². The van der Waals surface area contributed by atoms with Gasteiger partial charge in [0.05, 0.1) is 12.4 Å². The van der Waals surface area contributed by atoms with Crippen molar-refractivity contribution < 1.29 is 9.90 Å². The fraction of sp³-hybridized carbons (Fsp3) is 0.667. The van der Waals surface area contributed by atoms with Gasteiger partial charge in [0.25, 0.3) is 0 Å². The number of likely N-dealkylation sites (tertiary alicyclic amines) is 1. The number of aromatic carboxylic acids is 1. The fourth-order valence-electron chi connectivity index (χ4n) is 3.14. The average Bonchev–Trinajstić information content (AvgIpc) is 2.37. The molecular formula is C15H24N4O2. The van der Waals surface area contributed by atoms with Crippen LogP contribution in [0, 0.1) is 11.8 Å². The minimum atomic E-state index is -1.06. The molecule has 0 amide bonds. The van der Waals surface area contributed by atoms with Crippen LogP contribution in [-0.4, -0.2) is 51.6 Å². The van der Waals surface area contributed by atoms with E-state index in [1.807, 2.05) is 0 Å². The van der Waals surface area contributed by atoms with Crippen molar-refractivity contribution in [2.24, 2.45) is 11.8 Å². The third-order valence-electron chi connectivity index (χ3n) is 3.74. The zero-order chi connectivity index (χ0) is 15.4. The molecule has 0 aliphatic carbocycles. The van der Waals surface area contributed by atoms with E-state index in [0.29, 0.717) is 5.82 Å². The Morgan fingerprint density at radius 2 is 2.05 bits per heavy atom. The van der Waals surface area contributed by atoms with E-state index in [0.717, 1.165) is 31.5 Å². The maximum Gasteiger partial charge on any atom is 0.356 e. The van der Waals surface area contributed by atoms with Gasteiger partial charge in [-0.2, -0.15) is 0 Å². The first-order chi connectivity index (χ1) is 9.94. The zero-order valence-electron chi connectivity index (χ0n) is 12.9. The molecule has 0 radical (unpaired) electrons. The molecule has 0 saturated carbocycles. The highest BCUT2D eigenvalue weighted by atomic mass is 16.4. The van der Waals surface area contributed by atoms with E-state index in [4.69, 9.17) is 5.11 Å². The van der Waals surface area contributed by atoms with Crippen LogP contribution in [0.5, 0.6) is 0 Å². The normalized spacial score (nSPS) is 24.5. The summed E-state index contributed by atoms with van der Waals surface area (Å²) in [5, 5.41) is 12.1. The Labute approximate surface area is 125 Å². The lowest BCUT2D eigenvalue weighted by molar-refractivity contribution is 0.0690. The minimum Gasteiger partial charge on any atom is -0.476 e. The lowest BCUT2D eigenvalue weighted by Gasteiger charge is -2.36. The first-order valence-electron chi connectivity index (χ1n) is 7.48. The number of nitrogens with one attached hydrogen (secondary N) is 1. The number of aromatic nitrogens is 2. The molecule has 3 unspecified atom stereocenters. The molecule has 3 atom stereocenters. The van der Waals surface area contributed by atoms with Crippen molar-refractivity contribution in [3.05, 3.63) is 18.1 Å². The van der Waals surface area contributed by atoms with Crippen LogP contribution in [0.4, 0.5) is 5.82 Å². The van der Waals surface area contributed by atoms with Crippen molar-refractivity contribution in [2.75, 3.05) is 25.0 Å². The van der Waals surface area contributed by atoms with Gasteiger partial charge in [0.2, 0.25) is 0 Å². The number of hydrogen-bond donors (Lipinski definition) is 2. The highest BCUT2D eigenvalue weighted by Gasteiger charge is 2.22. The van der Waals surface area contributed by atoms with Gasteiger partial charge in [0.15, 0.2) is 5.69 Å². The highest BCUT2D eigenvalue weighted by Crippen LogP contribution is 2.21. The van der Waals surface area contributed by atoms with Gasteiger partial charge in [-0.1, -0.05) is 13.8 Å². The molecule has 1 saturated heterocycles. The van der Waals surface area contributed by atoms with E-state index in [1.54, 1.807) is 0 Å². The van der Waals surface area contributed by atoms with Crippen LogP contribution in [-0.2, 0) is 0 Å². The van der Waals surface area contributed by atoms with Crippen LogP contribution >= 0.6 is 0 Å². The average molecular weight is 292 g/mol. The summed E-state index contributed by atoms with van der Waals surface area (Å²) >= 11 is 0. The summed E-state index contributed by atoms with van der Waals surface area (Å²) < 4.78 is 0. The number of piperidine rings is 1. The van der Waals surface area contributed by atoms with E-state index >= 15 is 0 Å². The third-order valence-corrected chi connectivity index (χ3v) is 3.74. The van der Waals surface area contributed by atoms with E-state index in [2.05, 4.69) is 41.0 Å². The van der Waals surface area contributed by atoms with Gasteiger partial charge in [-0.25, -0.2) is 14.8 Å². The summed E-state index contributed by atoms with van der Waals surface area (Å²) in [5.41, 5.74) is -0.0353. The molecule has 21 heavy (non-hydrogen) atoms. The lowest BCUT2D eigenvalue weighted by atomic mass is 9.92. The number of carbonyl (C=O) groups is 1. The molecule has 6 heteroatoms. The van der Waals surface area contributed by atoms with E-state index in [-0.39, 0.29) is 11.7 Å². The quantitative estimate of drug-likeness (QED) is 0.863. The monoisotopic (exact) mass is 292 g/mol. The molecule has 2 N–H and O–H groups in total. The Hall–Kier alpha value is -1.69. The highest BCUT2D eigenvalue weighted by molar-refractivity contribution is 5.84. The standard InChI is InChI=1S/C15H24N4O2/c1-10-4-11(2)8-19(7-10)9-12(3)18-14-6-16-13(5-17-14)15(20)21/h5-6,10-12H,4,7-9H2,1-3H3,(H,17,18)(H,20,21). The van der Waals surface area contributed by atoms with Crippen LogP contribution in [0.2, 0.25) is 0 Å². The lowest BCUT2D eigenvalue weighted by Crippen LogP contribution is -2.43. The van der Waals surface area contributed by atoms with Crippen LogP contribution in [0.25, 0.3) is 0 Å². The predicted molar refractivity (Wildman–Crippen MR) is 81.5 cm³/mol. The molecule has 2 heterocycles. The van der Waals surface area contributed by atoms with Crippen LogP contribution in [0.15, 0.2) is 12.4 Å². The molecule has 1 aromatic heterocycles. The molecule has 116 valence electrons. The first kappa shape index (κ1) is 15.7. The molecule has 1 aliphatic heterocycles. The van der Waals surface area contributed by atoms with Crippen molar-refractivity contribution >= 4 is 11.8 Å². The molecule has 6 nitrogen and oxygen atoms in total. The van der Waals surface area contributed by atoms with Crippen LogP contribution in [0.1, 0.15) is 37.7 Å². The number of carboxylic acid groups (broad SMARTS) is 1. The number of carboxylic acids is 1. The molecule has 0 bridgehead atoms. The molecule has 1 fully saturated rings. The summed E-state index contributed by atoms with van der Waals surface area (Å²) in [5.74, 6) is 1.05. The van der Waals surface area contributed by atoms with Gasteiger partial charge in [0, 0.05) is 25.7 Å². The van der Waals surface area contributed by atoms with Gasteiger partial charge in [0.1, 0.15) is 5.82 Å². The van der Waals surface area contributed by atoms with Crippen molar-refractivity contribution in [3.63, 3.8) is 0 Å². The second-order valence-corrected chi connectivity index (χ2v) is 6.30. The van der Waals surface area contributed by atoms with Gasteiger partial charge >= 0.3 is 5.97 Å². The Morgan fingerprint density at radius 3 is 2.57 bits per heavy atom.